The zero-order chi connectivity index (χ0) is 21.9. The van der Waals surface area contributed by atoms with E-state index in [-0.39, 0.29) is 6.61 Å². The molecule has 0 spiro atoms. The van der Waals surface area contributed by atoms with E-state index in [0.29, 0.717) is 17.4 Å². The Bertz CT molecular complexity index is 683. The summed E-state index contributed by atoms with van der Waals surface area (Å²) in [5, 5.41) is 0. The molecule has 28 heavy (non-hydrogen) atoms. The molecule has 0 rings (SSSR count). The van der Waals surface area contributed by atoms with Crippen LogP contribution in [0.2, 0.25) is 0 Å². The van der Waals surface area contributed by atoms with Gasteiger partial charge in [-0.3, -0.25) is 0 Å². The molecule has 0 aliphatic rings. The number of hydrogen-bond donors (Lipinski definition) is 0. The van der Waals surface area contributed by atoms with Gasteiger partial charge in [0.25, 0.3) is 0 Å². The zero-order valence-electron chi connectivity index (χ0n) is 18.6. The van der Waals surface area contributed by atoms with Gasteiger partial charge in [-0.1, -0.05) is 96.4 Å². The molecule has 2 heteroatoms. The number of hydrogen-bond acceptors (Lipinski definition) is 2. The van der Waals surface area contributed by atoms with E-state index in [0.717, 1.165) is 40.7 Å². The fourth-order valence-corrected chi connectivity index (χ4v) is 2.28. The number of esters is 1. The standard InChI is InChI=1S/C26H38O2/c1-11-20(6)16-25(17-28-26(27)19(4)5)24(10)23(9)15-14-22(8)21(7)13-12-18(2)3/h14-16,18,21H,4,6,8-13,17H2,1-3,5,7H3/b15-14-,25-16-. The monoisotopic (exact) mass is 382 g/mol. The second-order valence-electron chi connectivity index (χ2n) is 7.82. The highest BCUT2D eigenvalue weighted by Gasteiger charge is 2.11. The maximum Gasteiger partial charge on any atom is 0.333 e. The fraction of sp³-hybridized carbons (Fsp3) is 0.423. The Kier molecular flexibility index (Phi) is 11.8. The molecule has 154 valence electrons. The highest BCUT2D eigenvalue weighted by atomic mass is 16.5. The summed E-state index contributed by atoms with van der Waals surface area (Å²) in [6.07, 6.45) is 8.95. The number of allylic oxidation sites excluding steroid dienone is 6. The van der Waals surface area contributed by atoms with Crippen molar-refractivity contribution >= 4 is 5.97 Å². The highest BCUT2D eigenvalue weighted by Crippen LogP contribution is 2.23. The van der Waals surface area contributed by atoms with Crippen molar-refractivity contribution in [3.63, 3.8) is 0 Å². The van der Waals surface area contributed by atoms with Crippen LogP contribution in [-0.4, -0.2) is 12.6 Å². The third-order valence-electron chi connectivity index (χ3n) is 4.62. The van der Waals surface area contributed by atoms with E-state index in [1.165, 1.54) is 6.42 Å². The van der Waals surface area contributed by atoms with Crippen molar-refractivity contribution in [3.8, 4) is 0 Å². The fourth-order valence-electron chi connectivity index (χ4n) is 2.28. The number of ether oxygens (including phenoxy) is 1. The van der Waals surface area contributed by atoms with E-state index in [2.05, 4.69) is 53.7 Å². The lowest BCUT2D eigenvalue weighted by Gasteiger charge is -2.15. The summed E-state index contributed by atoms with van der Waals surface area (Å²) in [6.45, 7) is 30.5. The van der Waals surface area contributed by atoms with Crippen LogP contribution in [0.1, 0.15) is 53.9 Å². The van der Waals surface area contributed by atoms with Gasteiger partial charge in [-0.05, 0) is 48.3 Å². The van der Waals surface area contributed by atoms with Crippen LogP contribution >= 0.6 is 0 Å². The summed E-state index contributed by atoms with van der Waals surface area (Å²) < 4.78 is 5.31. The molecule has 1 atom stereocenters. The van der Waals surface area contributed by atoms with E-state index in [4.69, 9.17) is 4.74 Å². The quantitative estimate of drug-likeness (QED) is 0.190. The lowest BCUT2D eigenvalue weighted by molar-refractivity contribution is -0.137. The smallest absolute Gasteiger partial charge is 0.333 e. The van der Waals surface area contributed by atoms with Crippen LogP contribution in [0.3, 0.4) is 0 Å². The summed E-state index contributed by atoms with van der Waals surface area (Å²) in [6, 6.07) is 0. The van der Waals surface area contributed by atoms with Gasteiger partial charge in [-0.25, -0.2) is 4.79 Å². The van der Waals surface area contributed by atoms with Crippen LogP contribution in [0.5, 0.6) is 0 Å². The van der Waals surface area contributed by atoms with Crippen molar-refractivity contribution in [2.24, 2.45) is 11.8 Å². The third kappa shape index (κ3) is 10.1. The van der Waals surface area contributed by atoms with Crippen LogP contribution in [0, 0.1) is 11.8 Å². The third-order valence-corrected chi connectivity index (χ3v) is 4.62. The van der Waals surface area contributed by atoms with E-state index in [9.17, 15) is 4.79 Å². The number of rotatable bonds is 13. The summed E-state index contributed by atoms with van der Waals surface area (Å²) in [5.41, 5.74) is 4.65. The lowest BCUT2D eigenvalue weighted by atomic mass is 9.92. The molecule has 0 aliphatic carbocycles. The Morgan fingerprint density at radius 1 is 1.00 bits per heavy atom. The maximum atomic E-state index is 11.7. The van der Waals surface area contributed by atoms with Gasteiger partial charge >= 0.3 is 5.97 Å². The molecule has 0 bridgehead atoms. The molecule has 0 aromatic carbocycles. The van der Waals surface area contributed by atoms with Crippen LogP contribution in [0.4, 0.5) is 0 Å². The molecular formula is C26H38O2. The first-order valence-corrected chi connectivity index (χ1v) is 9.95. The van der Waals surface area contributed by atoms with E-state index in [1.54, 1.807) is 6.92 Å². The van der Waals surface area contributed by atoms with Crippen LogP contribution in [-0.2, 0) is 9.53 Å². The van der Waals surface area contributed by atoms with Gasteiger partial charge in [-0.15, -0.1) is 0 Å². The number of carbonyl (C=O) groups excluding carboxylic acids is 1. The Labute approximate surface area is 172 Å². The Morgan fingerprint density at radius 3 is 2.11 bits per heavy atom. The van der Waals surface area contributed by atoms with Crippen molar-refractivity contribution in [3.05, 3.63) is 84.6 Å². The van der Waals surface area contributed by atoms with Gasteiger partial charge in [-0.2, -0.15) is 0 Å². The van der Waals surface area contributed by atoms with Crippen molar-refractivity contribution in [1.82, 2.24) is 0 Å². The molecule has 0 aromatic rings. The minimum absolute atomic E-state index is 0.113. The Balaban J connectivity index is 5.15. The van der Waals surface area contributed by atoms with Crippen LogP contribution in [0.25, 0.3) is 0 Å². The molecule has 0 fully saturated rings. The van der Waals surface area contributed by atoms with Crippen molar-refractivity contribution in [1.29, 1.82) is 0 Å². The Morgan fingerprint density at radius 2 is 1.61 bits per heavy atom. The van der Waals surface area contributed by atoms with Gasteiger partial charge in [0.1, 0.15) is 6.61 Å². The summed E-state index contributed by atoms with van der Waals surface area (Å²) in [5.74, 6) is 0.690. The van der Waals surface area contributed by atoms with Crippen molar-refractivity contribution in [2.45, 2.75) is 53.9 Å². The van der Waals surface area contributed by atoms with E-state index < -0.39 is 5.97 Å². The first kappa shape index (κ1) is 25.7. The molecule has 1 unspecified atom stereocenters. The first-order chi connectivity index (χ1) is 13.0. The molecule has 0 saturated carbocycles. The summed E-state index contributed by atoms with van der Waals surface area (Å²) in [7, 11) is 0. The predicted molar refractivity (Wildman–Crippen MR) is 123 cm³/mol. The van der Waals surface area contributed by atoms with Gasteiger partial charge in [0, 0.05) is 5.57 Å². The van der Waals surface area contributed by atoms with Crippen LogP contribution in [0.15, 0.2) is 84.6 Å². The Hall–Kier alpha value is -2.35. The molecule has 0 amide bonds. The minimum atomic E-state index is -0.422. The average molecular weight is 383 g/mol. The lowest BCUT2D eigenvalue weighted by Crippen LogP contribution is -2.09. The van der Waals surface area contributed by atoms with Crippen molar-refractivity contribution in [2.75, 3.05) is 6.61 Å². The first-order valence-electron chi connectivity index (χ1n) is 9.95. The van der Waals surface area contributed by atoms with E-state index in [1.807, 2.05) is 25.2 Å². The van der Waals surface area contributed by atoms with Crippen molar-refractivity contribution < 1.29 is 9.53 Å². The zero-order valence-corrected chi connectivity index (χ0v) is 18.6. The summed E-state index contributed by atoms with van der Waals surface area (Å²) in [4.78, 5) is 11.7. The molecule has 0 aliphatic heterocycles. The molecule has 0 aromatic heterocycles. The molecule has 0 radical (unpaired) electrons. The molecule has 0 heterocycles. The number of carbonyl (C=O) groups is 1. The molecule has 0 N–H and O–H groups in total. The molecule has 0 saturated heterocycles. The van der Waals surface area contributed by atoms with E-state index >= 15 is 0 Å². The average Bonchev–Trinajstić information content (AvgIpc) is 2.65. The minimum Gasteiger partial charge on any atom is -0.457 e. The van der Waals surface area contributed by atoms with Gasteiger partial charge < -0.3 is 4.74 Å². The second kappa shape index (κ2) is 12.9. The predicted octanol–water partition coefficient (Wildman–Crippen LogP) is 7.30. The van der Waals surface area contributed by atoms with Gasteiger partial charge in [0.2, 0.25) is 0 Å². The maximum absolute atomic E-state index is 11.7. The second-order valence-corrected chi connectivity index (χ2v) is 7.82. The normalized spacial score (nSPS) is 12.7. The highest BCUT2D eigenvalue weighted by molar-refractivity contribution is 5.87. The topological polar surface area (TPSA) is 26.3 Å². The van der Waals surface area contributed by atoms with Gasteiger partial charge in [0.15, 0.2) is 0 Å². The van der Waals surface area contributed by atoms with Gasteiger partial charge in [0.05, 0.1) is 0 Å². The molecule has 2 nitrogen and oxygen atoms in total. The van der Waals surface area contributed by atoms with Crippen LogP contribution < -0.4 is 0 Å². The largest absolute Gasteiger partial charge is 0.457 e. The SMILES string of the molecule is C=C(/C=C(/COC(=O)C(=C)C)C(=C)C(=C)/C=C\C(=C)C(C)CCC(C)C)CC. The summed E-state index contributed by atoms with van der Waals surface area (Å²) >= 11 is 0. The molecular weight excluding hydrogens is 344 g/mol.